The van der Waals surface area contributed by atoms with Gasteiger partial charge in [-0.1, -0.05) is 47.5 Å². The van der Waals surface area contributed by atoms with Crippen molar-refractivity contribution in [2.75, 3.05) is 11.9 Å². The number of halogens is 1. The Kier molecular flexibility index (Phi) is 5.19. The monoisotopic (exact) mass is 297 g/mol. The van der Waals surface area contributed by atoms with Crippen molar-refractivity contribution in [3.8, 4) is 0 Å². The molecular formula is C14H20BrNO. The van der Waals surface area contributed by atoms with Crippen LogP contribution < -0.4 is 5.32 Å². The highest BCUT2D eigenvalue weighted by molar-refractivity contribution is 9.09. The van der Waals surface area contributed by atoms with E-state index in [4.69, 9.17) is 0 Å². The van der Waals surface area contributed by atoms with Gasteiger partial charge in [-0.05, 0) is 30.9 Å². The molecule has 17 heavy (non-hydrogen) atoms. The molecule has 0 saturated carbocycles. The molecule has 0 unspecified atom stereocenters. The third-order valence-electron chi connectivity index (χ3n) is 2.78. The smallest absolute Gasteiger partial charge is 0.251 e. The van der Waals surface area contributed by atoms with Crippen molar-refractivity contribution >= 4 is 21.8 Å². The lowest BCUT2D eigenvalue weighted by atomic mass is 9.90. The molecule has 0 aliphatic rings. The van der Waals surface area contributed by atoms with E-state index in [0.717, 1.165) is 22.9 Å². The highest BCUT2D eigenvalue weighted by Gasteiger charge is 2.18. The number of aryl methyl sites for hydroxylation is 1. The molecule has 0 fully saturated rings. The maximum Gasteiger partial charge on any atom is 0.251 e. The van der Waals surface area contributed by atoms with Crippen LogP contribution in [0.25, 0.3) is 0 Å². The zero-order valence-electron chi connectivity index (χ0n) is 10.7. The quantitative estimate of drug-likeness (QED) is 0.828. The van der Waals surface area contributed by atoms with E-state index in [1.807, 2.05) is 31.2 Å². The van der Waals surface area contributed by atoms with Gasteiger partial charge < -0.3 is 5.32 Å². The first kappa shape index (κ1) is 14.2. The predicted molar refractivity (Wildman–Crippen MR) is 75.7 cm³/mol. The van der Waals surface area contributed by atoms with Crippen LogP contribution in [-0.4, -0.2) is 17.8 Å². The number of carbonyl (C=O) groups is 1. The third kappa shape index (κ3) is 4.90. The predicted octanol–water partition coefficient (Wildman–Crippen LogP) is 3.54. The summed E-state index contributed by atoms with van der Waals surface area (Å²) < 4.78 is 0. The SMILES string of the molecule is Cc1cccc(C(=O)NCC(C)(C)CCBr)c1. The van der Waals surface area contributed by atoms with E-state index in [9.17, 15) is 4.79 Å². The second kappa shape index (κ2) is 6.20. The van der Waals surface area contributed by atoms with Gasteiger partial charge in [0.05, 0.1) is 0 Å². The van der Waals surface area contributed by atoms with Gasteiger partial charge in [0.15, 0.2) is 0 Å². The third-order valence-corrected chi connectivity index (χ3v) is 3.18. The number of amides is 1. The summed E-state index contributed by atoms with van der Waals surface area (Å²) in [6.45, 7) is 7.01. The average Bonchev–Trinajstić information content (AvgIpc) is 2.26. The molecule has 0 aliphatic carbocycles. The van der Waals surface area contributed by atoms with E-state index in [-0.39, 0.29) is 11.3 Å². The van der Waals surface area contributed by atoms with Gasteiger partial charge >= 0.3 is 0 Å². The van der Waals surface area contributed by atoms with E-state index in [2.05, 4.69) is 35.1 Å². The van der Waals surface area contributed by atoms with E-state index >= 15 is 0 Å². The maximum absolute atomic E-state index is 11.9. The topological polar surface area (TPSA) is 29.1 Å². The Morgan fingerprint density at radius 3 is 2.71 bits per heavy atom. The Morgan fingerprint density at radius 2 is 2.12 bits per heavy atom. The van der Waals surface area contributed by atoms with E-state index < -0.39 is 0 Å². The summed E-state index contributed by atoms with van der Waals surface area (Å²) in [6.07, 6.45) is 1.04. The first-order chi connectivity index (χ1) is 7.94. The van der Waals surface area contributed by atoms with Crippen LogP contribution in [0, 0.1) is 12.3 Å². The van der Waals surface area contributed by atoms with Crippen LogP contribution in [0.15, 0.2) is 24.3 Å². The Balaban J connectivity index is 2.56. The molecule has 0 saturated heterocycles. The van der Waals surface area contributed by atoms with E-state index in [1.165, 1.54) is 0 Å². The summed E-state index contributed by atoms with van der Waals surface area (Å²) in [5.41, 5.74) is 1.97. The van der Waals surface area contributed by atoms with Crippen LogP contribution in [0.1, 0.15) is 36.2 Å². The lowest BCUT2D eigenvalue weighted by Gasteiger charge is -2.23. The van der Waals surface area contributed by atoms with Crippen LogP contribution in [0.5, 0.6) is 0 Å². The van der Waals surface area contributed by atoms with Gasteiger partial charge in [-0.3, -0.25) is 4.79 Å². The molecule has 0 bridgehead atoms. The maximum atomic E-state index is 11.9. The zero-order chi connectivity index (χ0) is 12.9. The molecular weight excluding hydrogens is 278 g/mol. The molecule has 94 valence electrons. The number of hydrogen-bond acceptors (Lipinski definition) is 1. The van der Waals surface area contributed by atoms with Crippen LogP contribution >= 0.6 is 15.9 Å². The van der Waals surface area contributed by atoms with Crippen LogP contribution in [0.2, 0.25) is 0 Å². The largest absolute Gasteiger partial charge is 0.352 e. The summed E-state index contributed by atoms with van der Waals surface area (Å²) >= 11 is 3.43. The minimum absolute atomic E-state index is 0.0105. The number of alkyl halides is 1. The zero-order valence-corrected chi connectivity index (χ0v) is 12.3. The van der Waals surface area contributed by atoms with Crippen LogP contribution in [0.3, 0.4) is 0 Å². The fourth-order valence-corrected chi connectivity index (χ4v) is 2.63. The Hall–Kier alpha value is -0.830. The molecule has 1 N–H and O–H groups in total. The second-order valence-corrected chi connectivity index (χ2v) is 5.95. The molecule has 3 heteroatoms. The van der Waals surface area contributed by atoms with Crippen molar-refractivity contribution in [1.82, 2.24) is 5.32 Å². The van der Waals surface area contributed by atoms with Crippen molar-refractivity contribution in [2.24, 2.45) is 5.41 Å². The fraction of sp³-hybridized carbons (Fsp3) is 0.500. The molecule has 0 spiro atoms. The summed E-state index contributed by atoms with van der Waals surface area (Å²) in [4.78, 5) is 11.9. The van der Waals surface area contributed by atoms with Gasteiger partial charge in [0.25, 0.3) is 5.91 Å². The molecule has 0 aliphatic heterocycles. The van der Waals surface area contributed by atoms with Crippen molar-refractivity contribution in [3.63, 3.8) is 0 Å². The average molecular weight is 298 g/mol. The van der Waals surface area contributed by atoms with Gasteiger partial charge in [0, 0.05) is 17.4 Å². The first-order valence-corrected chi connectivity index (χ1v) is 6.97. The van der Waals surface area contributed by atoms with Crippen LogP contribution in [0.4, 0.5) is 0 Å². The number of carbonyl (C=O) groups excluding carboxylic acids is 1. The van der Waals surface area contributed by atoms with Crippen molar-refractivity contribution in [2.45, 2.75) is 27.2 Å². The van der Waals surface area contributed by atoms with Crippen molar-refractivity contribution in [3.05, 3.63) is 35.4 Å². The number of rotatable bonds is 5. The number of hydrogen-bond donors (Lipinski definition) is 1. The molecule has 1 aromatic carbocycles. The summed E-state index contributed by atoms with van der Waals surface area (Å²) in [5.74, 6) is 0.0105. The van der Waals surface area contributed by atoms with Gasteiger partial charge in [-0.2, -0.15) is 0 Å². The Bertz CT molecular complexity index is 388. The standard InChI is InChI=1S/C14H20BrNO/c1-11-5-4-6-12(9-11)13(17)16-10-14(2,3)7-8-15/h4-6,9H,7-8,10H2,1-3H3,(H,16,17). The number of benzene rings is 1. The number of nitrogens with one attached hydrogen (secondary N) is 1. The normalized spacial score (nSPS) is 11.3. The molecule has 0 heterocycles. The van der Waals surface area contributed by atoms with E-state index in [0.29, 0.717) is 6.54 Å². The minimum Gasteiger partial charge on any atom is -0.352 e. The Labute approximate surface area is 112 Å². The van der Waals surface area contributed by atoms with Crippen molar-refractivity contribution < 1.29 is 4.79 Å². The summed E-state index contributed by atoms with van der Waals surface area (Å²) in [6, 6.07) is 7.66. The Morgan fingerprint density at radius 1 is 1.41 bits per heavy atom. The highest BCUT2D eigenvalue weighted by Crippen LogP contribution is 2.20. The molecule has 2 nitrogen and oxygen atoms in total. The van der Waals surface area contributed by atoms with Gasteiger partial charge in [-0.25, -0.2) is 0 Å². The molecule has 1 amide bonds. The van der Waals surface area contributed by atoms with Gasteiger partial charge in [-0.15, -0.1) is 0 Å². The highest BCUT2D eigenvalue weighted by atomic mass is 79.9. The lowest BCUT2D eigenvalue weighted by molar-refractivity contribution is 0.0936. The van der Waals surface area contributed by atoms with Gasteiger partial charge in [0.1, 0.15) is 0 Å². The first-order valence-electron chi connectivity index (χ1n) is 5.85. The summed E-state index contributed by atoms with van der Waals surface area (Å²) in [5, 5.41) is 3.95. The summed E-state index contributed by atoms with van der Waals surface area (Å²) in [7, 11) is 0. The molecule has 0 atom stereocenters. The second-order valence-electron chi connectivity index (χ2n) is 5.16. The van der Waals surface area contributed by atoms with Crippen molar-refractivity contribution in [1.29, 1.82) is 0 Å². The van der Waals surface area contributed by atoms with Gasteiger partial charge in [0.2, 0.25) is 0 Å². The fourth-order valence-electron chi connectivity index (χ4n) is 1.55. The minimum atomic E-state index is 0.0105. The lowest BCUT2D eigenvalue weighted by Crippen LogP contribution is -2.34. The van der Waals surface area contributed by atoms with Crippen LogP contribution in [-0.2, 0) is 0 Å². The molecule has 1 rings (SSSR count). The molecule has 0 radical (unpaired) electrons. The molecule has 1 aromatic rings. The molecule has 0 aromatic heterocycles. The van der Waals surface area contributed by atoms with E-state index in [1.54, 1.807) is 0 Å².